The minimum Gasteiger partial charge on any atom is -0.324 e. The molecule has 1 atom stereocenters. The van der Waals surface area contributed by atoms with E-state index in [4.69, 9.17) is 5.73 Å². The molecule has 0 radical (unpaired) electrons. The number of rotatable bonds is 3. The molecule has 0 fully saturated rings. The van der Waals surface area contributed by atoms with E-state index in [1.807, 2.05) is 18.2 Å². The monoisotopic (exact) mass is 349 g/mol. The third kappa shape index (κ3) is 3.92. The van der Waals surface area contributed by atoms with Crippen LogP contribution in [0.4, 0.5) is 4.39 Å². The van der Waals surface area contributed by atoms with Gasteiger partial charge in [0.05, 0.1) is 0 Å². The zero-order valence-electron chi connectivity index (χ0n) is 12.7. The summed E-state index contributed by atoms with van der Waals surface area (Å²) < 4.78 is 14.8. The average Bonchev–Trinajstić information content (AvgIpc) is 2.42. The maximum Gasteiger partial charge on any atom is 0.126 e. The Morgan fingerprint density at radius 3 is 2.48 bits per heavy atom. The van der Waals surface area contributed by atoms with E-state index in [1.165, 1.54) is 11.6 Å². The first kappa shape index (κ1) is 16.2. The number of hydrogen-bond donors (Lipinski definition) is 1. The Morgan fingerprint density at radius 2 is 1.81 bits per heavy atom. The second kappa shape index (κ2) is 6.29. The minimum absolute atomic E-state index is 0.0179. The number of benzene rings is 2. The highest BCUT2D eigenvalue weighted by molar-refractivity contribution is 9.10. The summed E-state index contributed by atoms with van der Waals surface area (Å²) >= 11 is 3.38. The van der Waals surface area contributed by atoms with Crippen LogP contribution in [0.2, 0.25) is 0 Å². The van der Waals surface area contributed by atoms with Crippen LogP contribution in [0, 0.1) is 5.82 Å². The molecule has 21 heavy (non-hydrogen) atoms. The van der Waals surface area contributed by atoms with Crippen molar-refractivity contribution in [3.8, 4) is 0 Å². The molecule has 2 rings (SSSR count). The van der Waals surface area contributed by atoms with Crippen LogP contribution in [0.15, 0.2) is 46.9 Å². The lowest BCUT2D eigenvalue weighted by molar-refractivity contribution is 0.560. The third-order valence-corrected chi connectivity index (χ3v) is 4.11. The summed E-state index contributed by atoms with van der Waals surface area (Å²) in [6, 6.07) is 12.9. The van der Waals surface area contributed by atoms with Crippen LogP contribution < -0.4 is 5.73 Å². The zero-order chi connectivity index (χ0) is 15.6. The highest BCUT2D eigenvalue weighted by Crippen LogP contribution is 2.30. The summed E-state index contributed by atoms with van der Waals surface area (Å²) in [6.45, 7) is 6.49. The lowest BCUT2D eigenvalue weighted by Gasteiger charge is -2.26. The van der Waals surface area contributed by atoms with Crippen molar-refractivity contribution >= 4 is 15.9 Å². The Balaban J connectivity index is 2.33. The van der Waals surface area contributed by atoms with Gasteiger partial charge in [0.1, 0.15) is 5.82 Å². The van der Waals surface area contributed by atoms with E-state index < -0.39 is 0 Å². The molecule has 0 aliphatic heterocycles. The van der Waals surface area contributed by atoms with Crippen LogP contribution in [0.1, 0.15) is 43.5 Å². The molecule has 0 saturated heterocycles. The van der Waals surface area contributed by atoms with E-state index in [1.54, 1.807) is 12.1 Å². The number of nitrogens with two attached hydrogens (primary N) is 1. The molecule has 1 unspecified atom stereocenters. The normalized spacial score (nSPS) is 13.2. The van der Waals surface area contributed by atoms with E-state index in [0.29, 0.717) is 12.0 Å². The molecular weight excluding hydrogens is 329 g/mol. The Hall–Kier alpha value is -1.19. The molecule has 0 bridgehead atoms. The van der Waals surface area contributed by atoms with Gasteiger partial charge < -0.3 is 5.73 Å². The van der Waals surface area contributed by atoms with Crippen LogP contribution >= 0.6 is 15.9 Å². The standard InChI is InChI=1S/C18H21BrFN/c1-18(2,3)15-7-5-4-6-14(15)17(21)11-12-10-13(19)8-9-16(12)20/h4-10,17H,11,21H2,1-3H3. The van der Waals surface area contributed by atoms with E-state index in [9.17, 15) is 4.39 Å². The second-order valence-electron chi connectivity index (χ2n) is 6.38. The molecule has 1 nitrogen and oxygen atoms in total. The van der Waals surface area contributed by atoms with Crippen LogP contribution in [0.5, 0.6) is 0 Å². The maximum absolute atomic E-state index is 13.9. The van der Waals surface area contributed by atoms with Gasteiger partial charge in [-0.1, -0.05) is 61.0 Å². The molecule has 0 aliphatic rings. The van der Waals surface area contributed by atoms with Gasteiger partial charge in [-0.15, -0.1) is 0 Å². The van der Waals surface area contributed by atoms with Crippen molar-refractivity contribution in [3.05, 3.63) is 69.4 Å². The molecular formula is C18H21BrFN. The smallest absolute Gasteiger partial charge is 0.126 e. The number of halogens is 2. The molecule has 2 aromatic rings. The summed E-state index contributed by atoms with van der Waals surface area (Å²) in [5.74, 6) is -0.207. The van der Waals surface area contributed by atoms with Crippen LogP contribution in [-0.2, 0) is 11.8 Å². The van der Waals surface area contributed by atoms with Gasteiger partial charge in [-0.25, -0.2) is 4.39 Å². The summed E-state index contributed by atoms with van der Waals surface area (Å²) in [7, 11) is 0. The van der Waals surface area contributed by atoms with Crippen molar-refractivity contribution in [2.45, 2.75) is 38.6 Å². The fourth-order valence-electron chi connectivity index (χ4n) is 2.55. The van der Waals surface area contributed by atoms with Crippen LogP contribution in [0.3, 0.4) is 0 Å². The topological polar surface area (TPSA) is 26.0 Å². The Labute approximate surface area is 134 Å². The first-order valence-corrected chi connectivity index (χ1v) is 7.87. The molecule has 0 aromatic heterocycles. The summed E-state index contributed by atoms with van der Waals surface area (Å²) in [5.41, 5.74) is 9.32. The molecule has 3 heteroatoms. The van der Waals surface area contributed by atoms with E-state index in [2.05, 4.69) is 42.8 Å². The second-order valence-corrected chi connectivity index (χ2v) is 7.30. The Kier molecular flexibility index (Phi) is 4.84. The molecule has 112 valence electrons. The van der Waals surface area contributed by atoms with E-state index >= 15 is 0 Å². The average molecular weight is 350 g/mol. The summed E-state index contributed by atoms with van der Waals surface area (Å²) in [5, 5.41) is 0. The SMILES string of the molecule is CC(C)(C)c1ccccc1C(N)Cc1cc(Br)ccc1F. The van der Waals surface area contributed by atoms with Gasteiger partial charge in [-0.3, -0.25) is 0 Å². The van der Waals surface area contributed by atoms with Gasteiger partial charge in [-0.2, -0.15) is 0 Å². The first-order chi connectivity index (χ1) is 9.79. The Bertz CT molecular complexity index is 631. The van der Waals surface area contributed by atoms with Crippen molar-refractivity contribution < 1.29 is 4.39 Å². The predicted octanol–water partition coefficient (Wildman–Crippen LogP) is 5.13. The molecule has 0 heterocycles. The first-order valence-electron chi connectivity index (χ1n) is 7.08. The van der Waals surface area contributed by atoms with Gasteiger partial charge in [0.2, 0.25) is 0 Å². The van der Waals surface area contributed by atoms with Crippen LogP contribution in [0.25, 0.3) is 0 Å². The van der Waals surface area contributed by atoms with Gasteiger partial charge in [-0.05, 0) is 46.7 Å². The molecule has 0 aliphatic carbocycles. The van der Waals surface area contributed by atoms with Gasteiger partial charge >= 0.3 is 0 Å². The molecule has 0 saturated carbocycles. The zero-order valence-corrected chi connectivity index (χ0v) is 14.2. The predicted molar refractivity (Wildman–Crippen MR) is 89.9 cm³/mol. The Morgan fingerprint density at radius 1 is 1.14 bits per heavy atom. The summed E-state index contributed by atoms with van der Waals surface area (Å²) in [6.07, 6.45) is 0.484. The largest absolute Gasteiger partial charge is 0.324 e. The van der Waals surface area contributed by atoms with Gasteiger partial charge in [0.15, 0.2) is 0 Å². The van der Waals surface area contributed by atoms with Crippen LogP contribution in [-0.4, -0.2) is 0 Å². The lowest BCUT2D eigenvalue weighted by Crippen LogP contribution is -2.21. The lowest BCUT2D eigenvalue weighted by atomic mass is 9.81. The van der Waals surface area contributed by atoms with Gasteiger partial charge in [0.25, 0.3) is 0 Å². The highest BCUT2D eigenvalue weighted by atomic mass is 79.9. The molecule has 0 spiro atoms. The van der Waals surface area contributed by atoms with Crippen molar-refractivity contribution in [1.29, 1.82) is 0 Å². The van der Waals surface area contributed by atoms with E-state index in [0.717, 1.165) is 10.0 Å². The van der Waals surface area contributed by atoms with Crippen molar-refractivity contribution in [2.24, 2.45) is 5.73 Å². The molecule has 2 N–H and O–H groups in total. The quantitative estimate of drug-likeness (QED) is 0.816. The van der Waals surface area contributed by atoms with Gasteiger partial charge in [0, 0.05) is 10.5 Å². The summed E-state index contributed by atoms with van der Waals surface area (Å²) in [4.78, 5) is 0. The van der Waals surface area contributed by atoms with Crippen molar-refractivity contribution in [2.75, 3.05) is 0 Å². The van der Waals surface area contributed by atoms with Crippen molar-refractivity contribution in [3.63, 3.8) is 0 Å². The third-order valence-electron chi connectivity index (χ3n) is 3.62. The van der Waals surface area contributed by atoms with E-state index in [-0.39, 0.29) is 17.3 Å². The molecule has 2 aromatic carbocycles. The molecule has 0 amide bonds. The number of hydrogen-bond acceptors (Lipinski definition) is 1. The van der Waals surface area contributed by atoms with Crippen molar-refractivity contribution in [1.82, 2.24) is 0 Å². The maximum atomic E-state index is 13.9. The minimum atomic E-state index is -0.218. The highest BCUT2D eigenvalue weighted by Gasteiger charge is 2.21. The fraction of sp³-hybridized carbons (Fsp3) is 0.333. The fourth-order valence-corrected chi connectivity index (χ4v) is 2.96.